The molecular weight excluding hydrogens is 240 g/mol. The van der Waals surface area contributed by atoms with Crippen LogP contribution in [0.15, 0.2) is 0 Å². The van der Waals surface area contributed by atoms with Gasteiger partial charge < -0.3 is 15.2 Å². The van der Waals surface area contributed by atoms with Gasteiger partial charge >= 0.3 is 0 Å². The number of hydrogen-bond acceptors (Lipinski definition) is 4. The molecule has 2 fully saturated rings. The van der Waals surface area contributed by atoms with Gasteiger partial charge in [0.15, 0.2) is 0 Å². The minimum Gasteiger partial charge on any atom is -0.395 e. The molecule has 3 atom stereocenters. The Hall–Kier alpha value is -0.160. The van der Waals surface area contributed by atoms with Crippen molar-refractivity contribution in [2.45, 2.75) is 63.6 Å². The molecule has 0 saturated carbocycles. The number of aliphatic hydroxyl groups is 1. The second-order valence-corrected chi connectivity index (χ2v) is 6.31. The lowest BCUT2D eigenvalue weighted by Crippen LogP contribution is -2.51. The van der Waals surface area contributed by atoms with Crippen LogP contribution in [0.25, 0.3) is 0 Å². The normalized spacial score (nSPS) is 36.0. The van der Waals surface area contributed by atoms with Gasteiger partial charge in [0.2, 0.25) is 0 Å². The van der Waals surface area contributed by atoms with Gasteiger partial charge in [-0.25, -0.2) is 0 Å². The molecule has 3 unspecified atom stereocenters. The molecule has 2 heterocycles. The highest BCUT2D eigenvalue weighted by atomic mass is 16.5. The third-order valence-corrected chi connectivity index (χ3v) is 4.84. The number of hydrogen-bond donors (Lipinski definition) is 2. The van der Waals surface area contributed by atoms with Gasteiger partial charge in [0.05, 0.1) is 12.2 Å². The number of nitrogens with zero attached hydrogens (tertiary/aromatic N) is 1. The van der Waals surface area contributed by atoms with Crippen LogP contribution in [-0.2, 0) is 4.74 Å². The summed E-state index contributed by atoms with van der Waals surface area (Å²) in [7, 11) is 0. The highest BCUT2D eigenvalue weighted by molar-refractivity contribution is 4.89. The lowest BCUT2D eigenvalue weighted by molar-refractivity contribution is -0.0983. The molecule has 0 aromatic rings. The van der Waals surface area contributed by atoms with Crippen LogP contribution in [0.2, 0.25) is 0 Å². The Morgan fingerprint density at radius 2 is 2.26 bits per heavy atom. The van der Waals surface area contributed by atoms with E-state index in [4.69, 9.17) is 4.74 Å². The van der Waals surface area contributed by atoms with Crippen LogP contribution >= 0.6 is 0 Å². The first-order chi connectivity index (χ1) is 9.17. The van der Waals surface area contributed by atoms with Crippen molar-refractivity contribution in [3.05, 3.63) is 0 Å². The van der Waals surface area contributed by atoms with Crippen molar-refractivity contribution in [1.29, 1.82) is 0 Å². The number of aliphatic hydroxyl groups excluding tert-OH is 1. The first kappa shape index (κ1) is 15.2. The van der Waals surface area contributed by atoms with Crippen LogP contribution in [0.5, 0.6) is 0 Å². The fourth-order valence-electron chi connectivity index (χ4n) is 3.41. The second-order valence-electron chi connectivity index (χ2n) is 6.31. The molecule has 0 aromatic carbocycles. The van der Waals surface area contributed by atoms with Crippen molar-refractivity contribution in [3.8, 4) is 0 Å². The second kappa shape index (κ2) is 7.02. The van der Waals surface area contributed by atoms with Gasteiger partial charge in [-0.3, -0.25) is 4.90 Å². The lowest BCUT2D eigenvalue weighted by Gasteiger charge is -2.43. The molecule has 4 heteroatoms. The summed E-state index contributed by atoms with van der Waals surface area (Å²) in [4.78, 5) is 2.49. The van der Waals surface area contributed by atoms with Crippen LogP contribution in [0.4, 0.5) is 0 Å². The van der Waals surface area contributed by atoms with Gasteiger partial charge in [-0.1, -0.05) is 6.92 Å². The maximum atomic E-state index is 9.34. The molecule has 2 rings (SSSR count). The van der Waals surface area contributed by atoms with Crippen LogP contribution in [0.1, 0.15) is 46.0 Å². The summed E-state index contributed by atoms with van der Waals surface area (Å²) in [5.74, 6) is 0. The average molecular weight is 270 g/mol. The molecule has 0 spiro atoms. The first-order valence-corrected chi connectivity index (χ1v) is 7.89. The maximum Gasteiger partial charge on any atom is 0.0666 e. The van der Waals surface area contributed by atoms with Gasteiger partial charge in [-0.2, -0.15) is 0 Å². The molecule has 2 N–H and O–H groups in total. The Kier molecular flexibility index (Phi) is 5.63. The predicted octanol–water partition coefficient (Wildman–Crippen LogP) is 1.38. The van der Waals surface area contributed by atoms with Gasteiger partial charge in [0, 0.05) is 31.8 Å². The molecule has 0 radical (unpaired) electrons. The summed E-state index contributed by atoms with van der Waals surface area (Å²) in [6.45, 7) is 8.56. The van der Waals surface area contributed by atoms with E-state index >= 15 is 0 Å². The number of nitrogens with one attached hydrogen (secondary N) is 1. The van der Waals surface area contributed by atoms with Crippen molar-refractivity contribution >= 4 is 0 Å². The van der Waals surface area contributed by atoms with Gasteiger partial charge in [-0.05, 0) is 45.6 Å². The van der Waals surface area contributed by atoms with Crippen LogP contribution in [-0.4, -0.2) is 60.5 Å². The SMILES string of the molecule is CCC1(C)CC(N(CCO)CC2CCCN2)CCO1. The van der Waals surface area contributed by atoms with Crippen molar-refractivity contribution in [1.82, 2.24) is 10.2 Å². The highest BCUT2D eigenvalue weighted by Gasteiger charge is 2.35. The molecule has 0 bridgehead atoms. The Balaban J connectivity index is 1.93. The molecule has 0 aliphatic carbocycles. The zero-order chi connectivity index (χ0) is 13.7. The number of rotatable bonds is 6. The van der Waals surface area contributed by atoms with Crippen molar-refractivity contribution in [3.63, 3.8) is 0 Å². The lowest BCUT2D eigenvalue weighted by atomic mass is 9.89. The Morgan fingerprint density at radius 3 is 2.89 bits per heavy atom. The van der Waals surface area contributed by atoms with Gasteiger partial charge in [-0.15, -0.1) is 0 Å². The third-order valence-electron chi connectivity index (χ3n) is 4.84. The van der Waals surface area contributed by atoms with E-state index in [-0.39, 0.29) is 12.2 Å². The maximum absolute atomic E-state index is 9.34. The summed E-state index contributed by atoms with van der Waals surface area (Å²) in [5, 5.41) is 12.9. The molecular formula is C15H30N2O2. The van der Waals surface area contributed by atoms with Crippen molar-refractivity contribution < 1.29 is 9.84 Å². The molecule has 4 nitrogen and oxygen atoms in total. The molecule has 0 amide bonds. The fraction of sp³-hybridized carbons (Fsp3) is 1.00. The largest absolute Gasteiger partial charge is 0.395 e. The zero-order valence-electron chi connectivity index (χ0n) is 12.5. The summed E-state index contributed by atoms with van der Waals surface area (Å²) in [5.41, 5.74) is 0.0275. The molecule has 2 aliphatic heterocycles. The Bertz CT molecular complexity index is 269. The summed E-state index contributed by atoms with van der Waals surface area (Å²) < 4.78 is 5.94. The van der Waals surface area contributed by atoms with E-state index in [1.165, 1.54) is 12.8 Å². The molecule has 2 aliphatic rings. The summed E-state index contributed by atoms with van der Waals surface area (Å²) >= 11 is 0. The summed E-state index contributed by atoms with van der Waals surface area (Å²) in [6.07, 6.45) is 5.82. The Labute approximate surface area is 117 Å². The van der Waals surface area contributed by atoms with Crippen molar-refractivity contribution in [2.75, 3.05) is 32.8 Å². The molecule has 112 valence electrons. The van der Waals surface area contributed by atoms with Crippen LogP contribution in [0, 0.1) is 0 Å². The average Bonchev–Trinajstić information content (AvgIpc) is 2.91. The molecule has 0 aromatic heterocycles. The monoisotopic (exact) mass is 270 g/mol. The van der Waals surface area contributed by atoms with E-state index in [1.54, 1.807) is 0 Å². The van der Waals surface area contributed by atoms with Crippen LogP contribution < -0.4 is 5.32 Å². The van der Waals surface area contributed by atoms with E-state index in [2.05, 4.69) is 24.1 Å². The number of ether oxygens (including phenoxy) is 1. The quantitative estimate of drug-likeness (QED) is 0.765. The first-order valence-electron chi connectivity index (χ1n) is 7.89. The smallest absolute Gasteiger partial charge is 0.0666 e. The topological polar surface area (TPSA) is 44.7 Å². The Morgan fingerprint density at radius 1 is 1.42 bits per heavy atom. The fourth-order valence-corrected chi connectivity index (χ4v) is 3.41. The third kappa shape index (κ3) is 4.15. The van der Waals surface area contributed by atoms with E-state index in [1.807, 2.05) is 0 Å². The minimum absolute atomic E-state index is 0.0275. The minimum atomic E-state index is 0.0275. The standard InChI is InChI=1S/C15H30N2O2/c1-3-15(2)11-14(6-10-19-15)17(8-9-18)12-13-5-4-7-16-13/h13-14,16,18H,3-12H2,1-2H3. The van der Waals surface area contributed by atoms with Crippen LogP contribution in [0.3, 0.4) is 0 Å². The highest BCUT2D eigenvalue weighted by Crippen LogP contribution is 2.30. The van der Waals surface area contributed by atoms with Gasteiger partial charge in [0.1, 0.15) is 0 Å². The molecule has 19 heavy (non-hydrogen) atoms. The van der Waals surface area contributed by atoms with Gasteiger partial charge in [0.25, 0.3) is 0 Å². The van der Waals surface area contributed by atoms with Crippen molar-refractivity contribution in [2.24, 2.45) is 0 Å². The summed E-state index contributed by atoms with van der Waals surface area (Å²) in [6, 6.07) is 1.18. The zero-order valence-corrected chi connectivity index (χ0v) is 12.5. The van der Waals surface area contributed by atoms with E-state index in [0.29, 0.717) is 12.1 Å². The van der Waals surface area contributed by atoms with E-state index in [9.17, 15) is 5.11 Å². The molecule has 2 saturated heterocycles. The predicted molar refractivity (Wildman–Crippen MR) is 77.4 cm³/mol. The van der Waals surface area contributed by atoms with E-state index in [0.717, 1.165) is 45.5 Å². The van der Waals surface area contributed by atoms with E-state index < -0.39 is 0 Å².